The van der Waals surface area contributed by atoms with E-state index in [1.165, 1.54) is 4.90 Å². The molecule has 0 aromatic carbocycles. The van der Waals surface area contributed by atoms with E-state index in [1.54, 1.807) is 0 Å². The fourth-order valence-corrected chi connectivity index (χ4v) is 2.07. The summed E-state index contributed by atoms with van der Waals surface area (Å²) in [6.07, 6.45) is 0.829. The molecule has 1 saturated heterocycles. The average molecular weight is 198 g/mol. The molecule has 2 aliphatic rings. The second-order valence-electron chi connectivity index (χ2n) is 3.97. The number of carbonyl (C=O) groups excluding carboxylic acids is 2. The van der Waals surface area contributed by atoms with Gasteiger partial charge in [0.15, 0.2) is 0 Å². The summed E-state index contributed by atoms with van der Waals surface area (Å²) < 4.78 is 0. The molecule has 14 heavy (non-hydrogen) atoms. The summed E-state index contributed by atoms with van der Waals surface area (Å²) in [7, 11) is 0. The molecule has 3 unspecified atom stereocenters. The first kappa shape index (κ1) is 9.61. The van der Waals surface area contributed by atoms with Gasteiger partial charge in [0.05, 0.1) is 24.5 Å². The zero-order valence-corrected chi connectivity index (χ0v) is 7.85. The van der Waals surface area contributed by atoms with E-state index in [-0.39, 0.29) is 36.7 Å². The summed E-state index contributed by atoms with van der Waals surface area (Å²) >= 11 is 0. The van der Waals surface area contributed by atoms with Gasteiger partial charge in [0.2, 0.25) is 11.8 Å². The van der Waals surface area contributed by atoms with E-state index in [4.69, 9.17) is 5.73 Å². The first-order chi connectivity index (χ1) is 6.65. The van der Waals surface area contributed by atoms with Crippen molar-refractivity contribution in [3.8, 4) is 0 Å². The van der Waals surface area contributed by atoms with Crippen LogP contribution in [0.25, 0.3) is 0 Å². The zero-order chi connectivity index (χ0) is 10.3. The van der Waals surface area contributed by atoms with Crippen LogP contribution in [-0.4, -0.2) is 41.0 Å². The summed E-state index contributed by atoms with van der Waals surface area (Å²) in [5, 5.41) is 9.28. The van der Waals surface area contributed by atoms with Gasteiger partial charge in [-0.1, -0.05) is 0 Å². The Morgan fingerprint density at radius 1 is 1.36 bits per heavy atom. The molecule has 0 radical (unpaired) electrons. The SMILES string of the molecule is NCC(O)CN1C(=O)C2CCC2C1=O. The predicted molar refractivity (Wildman–Crippen MR) is 48.0 cm³/mol. The molecule has 5 nitrogen and oxygen atoms in total. The summed E-state index contributed by atoms with van der Waals surface area (Å²) in [6.45, 7) is 0.133. The number of nitrogens with two attached hydrogens (primary N) is 1. The average Bonchev–Trinajstić information content (AvgIpc) is 2.24. The molecular formula is C9H14N2O3. The molecule has 0 spiro atoms. The minimum atomic E-state index is -0.791. The number of imide groups is 1. The highest BCUT2D eigenvalue weighted by molar-refractivity contribution is 6.06. The lowest BCUT2D eigenvalue weighted by Gasteiger charge is -2.24. The molecular weight excluding hydrogens is 184 g/mol. The summed E-state index contributed by atoms with van der Waals surface area (Å²) in [5.74, 6) is -0.461. The number of rotatable bonds is 3. The molecule has 3 atom stereocenters. The minimum Gasteiger partial charge on any atom is -0.390 e. The summed E-state index contributed by atoms with van der Waals surface area (Å²) in [5.41, 5.74) is 5.23. The number of amides is 2. The summed E-state index contributed by atoms with van der Waals surface area (Å²) in [6, 6.07) is 0. The Morgan fingerprint density at radius 3 is 2.21 bits per heavy atom. The van der Waals surface area contributed by atoms with Crippen molar-refractivity contribution in [2.24, 2.45) is 17.6 Å². The lowest BCUT2D eigenvalue weighted by Crippen LogP contribution is -2.40. The molecule has 1 saturated carbocycles. The predicted octanol–water partition coefficient (Wildman–Crippen LogP) is -1.30. The van der Waals surface area contributed by atoms with Gasteiger partial charge >= 0.3 is 0 Å². The van der Waals surface area contributed by atoms with Crippen LogP contribution in [0.1, 0.15) is 12.8 Å². The van der Waals surface area contributed by atoms with E-state index in [0.717, 1.165) is 12.8 Å². The van der Waals surface area contributed by atoms with E-state index in [0.29, 0.717) is 0 Å². The Hall–Kier alpha value is -0.940. The van der Waals surface area contributed by atoms with E-state index < -0.39 is 6.10 Å². The number of hydrogen-bond acceptors (Lipinski definition) is 4. The summed E-state index contributed by atoms with van der Waals surface area (Å²) in [4.78, 5) is 24.3. The molecule has 78 valence electrons. The van der Waals surface area contributed by atoms with E-state index in [2.05, 4.69) is 0 Å². The molecule has 0 bridgehead atoms. The zero-order valence-electron chi connectivity index (χ0n) is 7.85. The van der Waals surface area contributed by atoms with Crippen LogP contribution >= 0.6 is 0 Å². The highest BCUT2D eigenvalue weighted by atomic mass is 16.3. The molecule has 1 aliphatic carbocycles. The van der Waals surface area contributed by atoms with Crippen molar-refractivity contribution >= 4 is 11.8 Å². The van der Waals surface area contributed by atoms with Crippen LogP contribution in [0.5, 0.6) is 0 Å². The maximum atomic E-state index is 11.6. The number of carbonyl (C=O) groups is 2. The molecule has 2 amide bonds. The third-order valence-corrected chi connectivity index (χ3v) is 3.11. The third kappa shape index (κ3) is 1.24. The number of aliphatic hydroxyl groups excluding tert-OH is 1. The van der Waals surface area contributed by atoms with Gasteiger partial charge < -0.3 is 10.8 Å². The lowest BCUT2D eigenvalue weighted by molar-refractivity contribution is -0.140. The monoisotopic (exact) mass is 198 g/mol. The van der Waals surface area contributed by atoms with Crippen molar-refractivity contribution < 1.29 is 14.7 Å². The smallest absolute Gasteiger partial charge is 0.233 e. The van der Waals surface area contributed by atoms with Gasteiger partial charge in [0.1, 0.15) is 0 Å². The Bertz CT molecular complexity index is 257. The Kier molecular flexibility index (Phi) is 2.28. The van der Waals surface area contributed by atoms with Gasteiger partial charge in [-0.3, -0.25) is 14.5 Å². The van der Waals surface area contributed by atoms with Crippen molar-refractivity contribution in [3.63, 3.8) is 0 Å². The van der Waals surface area contributed by atoms with Crippen molar-refractivity contribution in [3.05, 3.63) is 0 Å². The highest BCUT2D eigenvalue weighted by Crippen LogP contribution is 2.42. The van der Waals surface area contributed by atoms with Crippen molar-refractivity contribution in [1.29, 1.82) is 0 Å². The molecule has 2 fully saturated rings. The minimum absolute atomic E-state index is 0.0567. The number of hydrogen-bond donors (Lipinski definition) is 2. The number of nitrogens with zero attached hydrogens (tertiary/aromatic N) is 1. The van der Waals surface area contributed by atoms with Crippen LogP contribution < -0.4 is 5.73 Å². The molecule has 5 heteroatoms. The second-order valence-corrected chi connectivity index (χ2v) is 3.97. The molecule has 0 aromatic rings. The molecule has 1 heterocycles. The maximum Gasteiger partial charge on any atom is 0.233 e. The maximum absolute atomic E-state index is 11.6. The van der Waals surface area contributed by atoms with Gasteiger partial charge in [-0.2, -0.15) is 0 Å². The van der Waals surface area contributed by atoms with Crippen LogP contribution in [0.15, 0.2) is 0 Å². The number of β-amino-alcohol motifs (C(OH)–C–C–N with tert-alkyl or cyclic N) is 1. The quantitative estimate of drug-likeness (QED) is 0.552. The van der Waals surface area contributed by atoms with Crippen LogP contribution in [0, 0.1) is 11.8 Å². The van der Waals surface area contributed by atoms with Crippen LogP contribution in [0.4, 0.5) is 0 Å². The Morgan fingerprint density at radius 2 is 1.86 bits per heavy atom. The fourth-order valence-electron chi connectivity index (χ4n) is 2.07. The van der Waals surface area contributed by atoms with Gasteiger partial charge in [0, 0.05) is 6.54 Å². The standard InChI is InChI=1S/C9H14N2O3/c10-3-5(12)4-11-8(13)6-1-2-7(6)9(11)14/h5-7,12H,1-4,10H2. The number of aliphatic hydroxyl groups is 1. The van der Waals surface area contributed by atoms with Gasteiger partial charge in [0.25, 0.3) is 0 Å². The number of fused-ring (bicyclic) bond motifs is 1. The van der Waals surface area contributed by atoms with Gasteiger partial charge in [-0.15, -0.1) is 0 Å². The third-order valence-electron chi connectivity index (χ3n) is 3.11. The second kappa shape index (κ2) is 3.33. The molecule has 3 N–H and O–H groups in total. The van der Waals surface area contributed by atoms with Crippen molar-refractivity contribution in [2.45, 2.75) is 18.9 Å². The Labute approximate surface area is 81.9 Å². The van der Waals surface area contributed by atoms with Crippen molar-refractivity contribution in [1.82, 2.24) is 4.90 Å². The molecule has 0 aromatic heterocycles. The normalized spacial score (nSPS) is 32.9. The highest BCUT2D eigenvalue weighted by Gasteiger charge is 2.52. The first-order valence-corrected chi connectivity index (χ1v) is 4.88. The van der Waals surface area contributed by atoms with Crippen molar-refractivity contribution in [2.75, 3.05) is 13.1 Å². The largest absolute Gasteiger partial charge is 0.390 e. The van der Waals surface area contributed by atoms with E-state index in [1.807, 2.05) is 0 Å². The van der Waals surface area contributed by atoms with Gasteiger partial charge in [-0.25, -0.2) is 0 Å². The lowest BCUT2D eigenvalue weighted by atomic mass is 9.76. The fraction of sp³-hybridized carbons (Fsp3) is 0.778. The van der Waals surface area contributed by atoms with E-state index >= 15 is 0 Å². The first-order valence-electron chi connectivity index (χ1n) is 4.88. The number of likely N-dealkylation sites (tertiary alicyclic amines) is 1. The van der Waals surface area contributed by atoms with Crippen LogP contribution in [0.3, 0.4) is 0 Å². The molecule has 1 aliphatic heterocycles. The Balaban J connectivity index is 2.04. The molecule has 2 rings (SSSR count). The van der Waals surface area contributed by atoms with Crippen LogP contribution in [-0.2, 0) is 9.59 Å². The van der Waals surface area contributed by atoms with Gasteiger partial charge in [-0.05, 0) is 12.8 Å². The topological polar surface area (TPSA) is 83.6 Å². The van der Waals surface area contributed by atoms with E-state index in [9.17, 15) is 14.7 Å². The van der Waals surface area contributed by atoms with Crippen LogP contribution in [0.2, 0.25) is 0 Å².